The largest absolute Gasteiger partial charge is 0.497 e. The first-order valence-electron chi connectivity index (χ1n) is 8.48. The van der Waals surface area contributed by atoms with Crippen LogP contribution in [0.4, 0.5) is 5.69 Å². The topological polar surface area (TPSA) is 33.7 Å². The van der Waals surface area contributed by atoms with Crippen LogP contribution in [0.2, 0.25) is 0 Å². The maximum absolute atomic E-state index is 5.69. The normalized spacial score (nSPS) is 16.6. The average molecular weight is 356 g/mol. The molecule has 0 unspecified atom stereocenters. The van der Waals surface area contributed by atoms with E-state index in [2.05, 4.69) is 47.5 Å². The molecule has 0 saturated carbocycles. The van der Waals surface area contributed by atoms with Gasteiger partial charge in [-0.2, -0.15) is 0 Å². The Balaban J connectivity index is 1.82. The van der Waals surface area contributed by atoms with E-state index < -0.39 is 0 Å². The minimum atomic E-state index is 0.190. The van der Waals surface area contributed by atoms with Gasteiger partial charge in [0.2, 0.25) is 0 Å². The molecule has 0 radical (unpaired) electrons. The van der Waals surface area contributed by atoms with Gasteiger partial charge in [0.15, 0.2) is 5.11 Å². The fraction of sp³-hybridized carbons (Fsp3) is 0.350. The Labute approximate surface area is 154 Å². The molecule has 1 aliphatic heterocycles. The van der Waals surface area contributed by atoms with Crippen LogP contribution in [0.3, 0.4) is 0 Å². The van der Waals surface area contributed by atoms with E-state index in [1.807, 2.05) is 12.1 Å². The van der Waals surface area contributed by atoms with Crippen molar-refractivity contribution in [2.24, 2.45) is 0 Å². The van der Waals surface area contributed by atoms with E-state index in [-0.39, 0.29) is 6.04 Å². The van der Waals surface area contributed by atoms with Crippen LogP contribution >= 0.6 is 12.2 Å². The van der Waals surface area contributed by atoms with Crippen LogP contribution in [-0.2, 0) is 0 Å². The van der Waals surface area contributed by atoms with Crippen molar-refractivity contribution >= 4 is 23.0 Å². The van der Waals surface area contributed by atoms with Crippen LogP contribution in [0.25, 0.3) is 0 Å². The number of nitrogens with zero attached hydrogens (tertiary/aromatic N) is 1. The van der Waals surface area contributed by atoms with Crippen molar-refractivity contribution in [1.82, 2.24) is 4.90 Å². The zero-order chi connectivity index (χ0) is 17.8. The van der Waals surface area contributed by atoms with Gasteiger partial charge in [0, 0.05) is 17.8 Å². The van der Waals surface area contributed by atoms with E-state index in [4.69, 9.17) is 21.7 Å². The third-order valence-corrected chi connectivity index (χ3v) is 4.95. The lowest BCUT2D eigenvalue weighted by molar-refractivity contribution is 0.362. The molecule has 1 heterocycles. The second kappa shape index (κ2) is 7.74. The Morgan fingerprint density at radius 3 is 2.56 bits per heavy atom. The van der Waals surface area contributed by atoms with Gasteiger partial charge < -0.3 is 19.7 Å². The second-order valence-electron chi connectivity index (χ2n) is 6.26. The van der Waals surface area contributed by atoms with Crippen molar-refractivity contribution < 1.29 is 9.47 Å². The van der Waals surface area contributed by atoms with Gasteiger partial charge in [-0.15, -0.1) is 0 Å². The van der Waals surface area contributed by atoms with Crippen molar-refractivity contribution in [2.75, 3.05) is 26.1 Å². The van der Waals surface area contributed by atoms with E-state index >= 15 is 0 Å². The molecule has 1 saturated heterocycles. The summed E-state index contributed by atoms with van der Waals surface area (Å²) < 4.78 is 11.0. The smallest absolute Gasteiger partial charge is 0.173 e. The molecule has 2 aromatic carbocycles. The van der Waals surface area contributed by atoms with Gasteiger partial charge in [-0.1, -0.05) is 17.7 Å². The van der Waals surface area contributed by atoms with E-state index in [0.29, 0.717) is 0 Å². The van der Waals surface area contributed by atoms with E-state index in [0.717, 1.165) is 47.2 Å². The molecule has 0 spiro atoms. The molecule has 5 heteroatoms. The zero-order valence-corrected chi connectivity index (χ0v) is 15.7. The Kier molecular flexibility index (Phi) is 5.43. The molecular weight excluding hydrogens is 332 g/mol. The Bertz CT molecular complexity index is 746. The lowest BCUT2D eigenvalue weighted by Crippen LogP contribution is -2.34. The summed E-state index contributed by atoms with van der Waals surface area (Å²) in [5, 5.41) is 4.11. The molecule has 4 nitrogen and oxygen atoms in total. The van der Waals surface area contributed by atoms with Gasteiger partial charge >= 0.3 is 0 Å². The highest BCUT2D eigenvalue weighted by atomic mass is 32.1. The average Bonchev–Trinajstić information content (AvgIpc) is 3.12. The molecule has 25 heavy (non-hydrogen) atoms. The van der Waals surface area contributed by atoms with Gasteiger partial charge in [-0.25, -0.2) is 0 Å². The number of benzene rings is 2. The van der Waals surface area contributed by atoms with Crippen molar-refractivity contribution in [3.8, 4) is 11.5 Å². The summed E-state index contributed by atoms with van der Waals surface area (Å²) >= 11 is 5.69. The summed E-state index contributed by atoms with van der Waals surface area (Å²) in [5.41, 5.74) is 3.36. The maximum Gasteiger partial charge on any atom is 0.173 e. The summed E-state index contributed by atoms with van der Waals surface area (Å²) in [4.78, 5) is 2.24. The molecule has 1 atom stereocenters. The van der Waals surface area contributed by atoms with Crippen molar-refractivity contribution in [3.63, 3.8) is 0 Å². The molecule has 0 aromatic heterocycles. The number of thiocarbonyl (C=S) groups is 1. The fourth-order valence-corrected chi connectivity index (χ4v) is 3.60. The highest BCUT2D eigenvalue weighted by Gasteiger charge is 2.30. The first-order valence-corrected chi connectivity index (χ1v) is 8.89. The molecule has 0 bridgehead atoms. The first-order chi connectivity index (χ1) is 12.1. The Hall–Kier alpha value is -2.27. The quantitative estimate of drug-likeness (QED) is 0.813. The predicted octanol–water partition coefficient (Wildman–Crippen LogP) is 4.55. The van der Waals surface area contributed by atoms with Crippen LogP contribution in [0.5, 0.6) is 11.5 Å². The van der Waals surface area contributed by atoms with Gasteiger partial charge in [0.1, 0.15) is 11.5 Å². The lowest BCUT2D eigenvalue weighted by Gasteiger charge is -2.29. The number of hydrogen-bond acceptors (Lipinski definition) is 3. The van der Waals surface area contributed by atoms with E-state index in [9.17, 15) is 0 Å². The zero-order valence-electron chi connectivity index (χ0n) is 14.9. The third kappa shape index (κ3) is 3.87. The molecule has 0 amide bonds. The van der Waals surface area contributed by atoms with Crippen LogP contribution < -0.4 is 14.8 Å². The summed E-state index contributed by atoms with van der Waals surface area (Å²) in [6, 6.07) is 14.4. The maximum atomic E-state index is 5.69. The third-order valence-electron chi connectivity index (χ3n) is 4.61. The number of hydrogen-bond donors (Lipinski definition) is 1. The molecule has 3 rings (SSSR count). The number of methoxy groups -OCH3 is 2. The second-order valence-corrected chi connectivity index (χ2v) is 6.64. The van der Waals surface area contributed by atoms with Gasteiger partial charge in [0.25, 0.3) is 0 Å². The van der Waals surface area contributed by atoms with Crippen LogP contribution in [0.15, 0.2) is 42.5 Å². The Morgan fingerprint density at radius 2 is 1.88 bits per heavy atom. The minimum absolute atomic E-state index is 0.190. The van der Waals surface area contributed by atoms with Crippen LogP contribution in [0, 0.1) is 6.92 Å². The number of ether oxygens (including phenoxy) is 2. The van der Waals surface area contributed by atoms with Crippen molar-refractivity contribution in [2.45, 2.75) is 25.8 Å². The lowest BCUT2D eigenvalue weighted by atomic mass is 10.0. The number of rotatable bonds is 4. The molecule has 2 aromatic rings. The van der Waals surface area contributed by atoms with Gasteiger partial charge in [-0.05, 0) is 62.3 Å². The first kappa shape index (κ1) is 17.5. The summed E-state index contributed by atoms with van der Waals surface area (Å²) in [6.07, 6.45) is 2.14. The van der Waals surface area contributed by atoms with E-state index in [1.54, 1.807) is 14.2 Å². The summed E-state index contributed by atoms with van der Waals surface area (Å²) in [5.74, 6) is 1.70. The summed E-state index contributed by atoms with van der Waals surface area (Å²) in [7, 11) is 3.38. The monoisotopic (exact) mass is 356 g/mol. The minimum Gasteiger partial charge on any atom is -0.497 e. The SMILES string of the molecule is COc1ccc(OC)c([C@H]2CCCN2C(=S)Nc2ccc(C)cc2)c1. The summed E-state index contributed by atoms with van der Waals surface area (Å²) in [6.45, 7) is 3.01. The predicted molar refractivity (Wildman–Crippen MR) is 106 cm³/mol. The molecular formula is C20H24N2O2S. The van der Waals surface area contributed by atoms with Gasteiger partial charge in [0.05, 0.1) is 20.3 Å². The van der Waals surface area contributed by atoms with E-state index in [1.165, 1.54) is 5.56 Å². The van der Waals surface area contributed by atoms with Crippen molar-refractivity contribution in [1.29, 1.82) is 0 Å². The standard InChI is InChI=1S/C20H24N2O2S/c1-14-6-8-15(9-7-14)21-20(25)22-12-4-5-18(22)17-13-16(23-2)10-11-19(17)24-3/h6-11,13,18H,4-5,12H2,1-3H3,(H,21,25)/t18-/m1/s1. The fourth-order valence-electron chi connectivity index (χ4n) is 3.27. The van der Waals surface area contributed by atoms with Crippen LogP contribution in [0.1, 0.15) is 30.0 Å². The molecule has 1 N–H and O–H groups in total. The molecule has 132 valence electrons. The number of aryl methyl sites for hydroxylation is 1. The highest BCUT2D eigenvalue weighted by Crippen LogP contribution is 2.39. The number of nitrogens with one attached hydrogen (secondary N) is 1. The number of anilines is 1. The van der Waals surface area contributed by atoms with Crippen molar-refractivity contribution in [3.05, 3.63) is 53.6 Å². The highest BCUT2D eigenvalue weighted by molar-refractivity contribution is 7.80. The molecule has 0 aliphatic carbocycles. The Morgan fingerprint density at radius 1 is 1.12 bits per heavy atom. The van der Waals surface area contributed by atoms with Gasteiger partial charge in [-0.3, -0.25) is 0 Å². The molecule has 1 aliphatic rings. The van der Waals surface area contributed by atoms with Crippen LogP contribution in [-0.4, -0.2) is 30.8 Å². The molecule has 1 fully saturated rings. The number of likely N-dealkylation sites (tertiary alicyclic amines) is 1.